The Hall–Kier alpha value is -4.23. The predicted octanol–water partition coefficient (Wildman–Crippen LogP) is 5.04. The average Bonchev–Trinajstić information content (AvgIpc) is 3.90. The molecule has 60 heavy (non-hydrogen) atoms. The van der Waals surface area contributed by atoms with Gasteiger partial charge in [0.15, 0.2) is 17.5 Å². The quantitative estimate of drug-likeness (QED) is 0.208. The van der Waals surface area contributed by atoms with Gasteiger partial charge in [0, 0.05) is 96.9 Å². The van der Waals surface area contributed by atoms with Gasteiger partial charge in [-0.3, -0.25) is 24.2 Å². The Morgan fingerprint density at radius 2 is 1.77 bits per heavy atom. The maximum atomic E-state index is 15.4. The number of aromatic nitrogens is 1. The molecule has 9 rings (SSSR count). The zero-order valence-corrected chi connectivity index (χ0v) is 36.5. The fraction of sp³-hybridized carbons (Fsp3) is 0.604. The third-order valence-electron chi connectivity index (χ3n) is 16.0. The number of piperidine rings is 1. The molecule has 6 heterocycles. The molecule has 3 N–H and O–H groups in total. The third kappa shape index (κ3) is 5.32. The number of fused-ring (bicyclic) bond motifs is 6. The van der Waals surface area contributed by atoms with E-state index in [0.29, 0.717) is 69.5 Å². The minimum atomic E-state index is -2.11. The highest BCUT2D eigenvalue weighted by Gasteiger charge is 2.79. The number of nitrogens with zero attached hydrogens (tertiary/aromatic N) is 3. The van der Waals surface area contributed by atoms with Crippen LogP contribution in [0, 0.1) is 17.3 Å². The number of methoxy groups -OCH3 is 2. The molecule has 3 fully saturated rings. The number of carbonyl (C=O) groups is 3. The molecular weight excluding hydrogens is 761 g/mol. The van der Waals surface area contributed by atoms with E-state index >= 15 is 4.79 Å². The van der Waals surface area contributed by atoms with Crippen molar-refractivity contribution in [2.75, 3.05) is 58.9 Å². The Labute approximate surface area is 353 Å². The van der Waals surface area contributed by atoms with Gasteiger partial charge in [-0.2, -0.15) is 0 Å². The number of aliphatic hydroxyl groups is 2. The molecule has 2 bridgehead atoms. The molecule has 12 nitrogen and oxygen atoms in total. The van der Waals surface area contributed by atoms with Crippen LogP contribution in [0.15, 0.2) is 48.6 Å². The lowest BCUT2D eigenvalue weighted by atomic mass is 9.46. The fourth-order valence-electron chi connectivity index (χ4n) is 13.9. The number of hydrogen-bond donors (Lipinski definition) is 3. The highest BCUT2D eigenvalue weighted by molar-refractivity contribution is 5.96. The monoisotopic (exact) mass is 822 g/mol. The molecule has 0 radical (unpaired) electrons. The van der Waals surface area contributed by atoms with E-state index in [0.717, 1.165) is 46.5 Å². The Kier molecular flexibility index (Phi) is 9.71. The summed E-state index contributed by atoms with van der Waals surface area (Å²) in [6.07, 6.45) is 6.31. The first-order valence-electron chi connectivity index (χ1n) is 22.0. The molecule has 3 aromatic rings. The number of anilines is 1. The molecule has 10 atom stereocenters. The van der Waals surface area contributed by atoms with Crippen molar-refractivity contribution in [1.82, 2.24) is 14.8 Å². The molecule has 322 valence electrons. The predicted molar refractivity (Wildman–Crippen MR) is 228 cm³/mol. The second-order valence-corrected chi connectivity index (χ2v) is 19.2. The molecule has 1 aromatic heterocycles. The van der Waals surface area contributed by atoms with Crippen LogP contribution in [0.2, 0.25) is 0 Å². The highest BCUT2D eigenvalue weighted by Crippen LogP contribution is 2.68. The molecule has 5 aliphatic heterocycles. The van der Waals surface area contributed by atoms with E-state index in [1.807, 2.05) is 43.1 Å². The summed E-state index contributed by atoms with van der Waals surface area (Å²) < 4.78 is 18.7. The van der Waals surface area contributed by atoms with E-state index in [-0.39, 0.29) is 17.7 Å². The van der Waals surface area contributed by atoms with Crippen molar-refractivity contribution in [2.45, 2.75) is 113 Å². The zero-order valence-electron chi connectivity index (χ0n) is 36.5. The number of esters is 2. The average molecular weight is 823 g/mol. The Morgan fingerprint density at radius 3 is 2.45 bits per heavy atom. The van der Waals surface area contributed by atoms with Gasteiger partial charge in [0.25, 0.3) is 0 Å². The standard InChI is InChI=1S/C48H62N4O8/c1-9-44(56)24-30-25-47(43(55)59-8,38-32(16-20-51(26-30)27-44)31-14-11-12-15-35(31)49-38)34-22-33-36(23-37(34)58-7)50(6)41-46(33)18-21-52-19-13-17-45(10-2,40(46)52)42(60-29(5)53)48(41,57)39(54)28(3)4/h11-15,17,22-23,28,30,40-42,49,56-57H,9-10,16,18-21,24-27H2,1-8H3/t30-,40?,41?,42+,44-,45+,46+,47-,48-/m0/s1. The van der Waals surface area contributed by atoms with Gasteiger partial charge in [0.1, 0.15) is 11.2 Å². The van der Waals surface area contributed by atoms with Crippen LogP contribution in [0.4, 0.5) is 5.69 Å². The summed E-state index contributed by atoms with van der Waals surface area (Å²) in [6.45, 7) is 12.4. The molecule has 0 amide bonds. The van der Waals surface area contributed by atoms with Crippen LogP contribution in [0.5, 0.6) is 5.75 Å². The van der Waals surface area contributed by atoms with Crippen molar-refractivity contribution in [3.63, 3.8) is 0 Å². The lowest BCUT2D eigenvalue weighted by Crippen LogP contribution is -2.81. The molecule has 1 aliphatic carbocycles. The number of aromatic amines is 1. The number of rotatable bonds is 8. The number of hydrogen-bond acceptors (Lipinski definition) is 11. The van der Waals surface area contributed by atoms with Crippen molar-refractivity contribution in [3.8, 4) is 5.75 Å². The maximum absolute atomic E-state index is 15.4. The molecule has 12 heteroatoms. The number of nitrogens with one attached hydrogen (secondary N) is 1. The summed E-state index contributed by atoms with van der Waals surface area (Å²) in [5.41, 5.74) is -1.09. The lowest BCUT2D eigenvalue weighted by molar-refractivity contribution is -0.218. The van der Waals surface area contributed by atoms with E-state index in [1.165, 1.54) is 14.0 Å². The number of carbonyl (C=O) groups excluding carboxylic acids is 3. The van der Waals surface area contributed by atoms with Crippen LogP contribution in [0.25, 0.3) is 10.9 Å². The van der Waals surface area contributed by atoms with E-state index in [9.17, 15) is 19.8 Å². The minimum absolute atomic E-state index is 0.0853. The van der Waals surface area contributed by atoms with Gasteiger partial charge >= 0.3 is 11.9 Å². The Morgan fingerprint density at radius 1 is 1.00 bits per heavy atom. The SMILES string of the molecule is CC[C@]1(O)C[C@@H]2CN(CCc3c([nH]c4ccccc34)[C@@](C(=O)OC)(c3cc4c(cc3OC)N(C)C3[C@]45CCN4CC=C[C@](CC)(C45)[C@@H](OC(C)=O)[C@]3(O)C(=O)C(C)C)C2)C1. The van der Waals surface area contributed by atoms with E-state index in [4.69, 9.17) is 14.2 Å². The van der Waals surface area contributed by atoms with Crippen molar-refractivity contribution >= 4 is 34.3 Å². The van der Waals surface area contributed by atoms with E-state index < -0.39 is 57.4 Å². The van der Waals surface area contributed by atoms with Gasteiger partial charge in [0.2, 0.25) is 0 Å². The van der Waals surface area contributed by atoms with Crippen LogP contribution >= 0.6 is 0 Å². The molecule has 1 spiro atoms. The Balaban J connectivity index is 1.37. The van der Waals surface area contributed by atoms with E-state index in [2.05, 4.69) is 46.0 Å². The largest absolute Gasteiger partial charge is 0.496 e. The first kappa shape index (κ1) is 41.1. The van der Waals surface area contributed by atoms with Crippen molar-refractivity contribution in [2.24, 2.45) is 17.3 Å². The summed E-state index contributed by atoms with van der Waals surface area (Å²) >= 11 is 0. The molecular formula is C48H62N4O8. The molecule has 3 unspecified atom stereocenters. The Bertz CT molecular complexity index is 2290. The first-order valence-corrected chi connectivity index (χ1v) is 22.0. The third-order valence-corrected chi connectivity index (χ3v) is 16.0. The van der Waals surface area contributed by atoms with Gasteiger partial charge < -0.3 is 34.3 Å². The molecule has 1 saturated carbocycles. The fourth-order valence-corrected chi connectivity index (χ4v) is 13.9. The summed E-state index contributed by atoms with van der Waals surface area (Å²) in [7, 11) is 5.00. The number of H-pyrrole nitrogens is 1. The summed E-state index contributed by atoms with van der Waals surface area (Å²) in [4.78, 5) is 54.1. The zero-order chi connectivity index (χ0) is 42.7. The van der Waals surface area contributed by atoms with Gasteiger partial charge in [-0.1, -0.05) is 58.0 Å². The number of ether oxygens (including phenoxy) is 3. The first-order chi connectivity index (χ1) is 28.6. The van der Waals surface area contributed by atoms with Crippen molar-refractivity contribution in [3.05, 3.63) is 70.9 Å². The highest BCUT2D eigenvalue weighted by atomic mass is 16.6. The second kappa shape index (κ2) is 14.2. The van der Waals surface area contributed by atoms with Crippen LogP contribution in [0.1, 0.15) is 89.1 Å². The van der Waals surface area contributed by atoms with Crippen LogP contribution in [-0.2, 0) is 41.1 Å². The summed E-state index contributed by atoms with van der Waals surface area (Å²) in [5.74, 6) is -1.51. The molecule has 2 saturated heterocycles. The summed E-state index contributed by atoms with van der Waals surface area (Å²) in [6, 6.07) is 11.2. The number of likely N-dealkylation sites (N-methyl/N-ethyl adjacent to an activating group) is 1. The van der Waals surface area contributed by atoms with Crippen LogP contribution in [0.3, 0.4) is 0 Å². The number of ketones is 1. The van der Waals surface area contributed by atoms with Crippen molar-refractivity contribution < 1.29 is 38.8 Å². The second-order valence-electron chi connectivity index (χ2n) is 19.2. The van der Waals surface area contributed by atoms with E-state index in [1.54, 1.807) is 21.0 Å². The smallest absolute Gasteiger partial charge is 0.322 e. The van der Waals surface area contributed by atoms with Gasteiger partial charge in [-0.15, -0.1) is 0 Å². The normalized spacial score (nSPS) is 36.7. The summed E-state index contributed by atoms with van der Waals surface area (Å²) in [5, 5.41) is 26.7. The van der Waals surface area contributed by atoms with Gasteiger partial charge in [0.05, 0.1) is 25.9 Å². The maximum Gasteiger partial charge on any atom is 0.322 e. The molecule has 6 aliphatic rings. The number of para-hydroxylation sites is 1. The van der Waals surface area contributed by atoms with Gasteiger partial charge in [-0.05, 0) is 74.2 Å². The van der Waals surface area contributed by atoms with Crippen LogP contribution in [-0.4, -0.2) is 126 Å². The number of benzene rings is 2. The topological polar surface area (TPSA) is 145 Å². The van der Waals surface area contributed by atoms with Crippen LogP contribution < -0.4 is 9.64 Å². The minimum Gasteiger partial charge on any atom is -0.496 e. The van der Waals surface area contributed by atoms with Gasteiger partial charge in [-0.25, -0.2) is 0 Å². The molecule has 2 aromatic carbocycles. The van der Waals surface area contributed by atoms with Crippen molar-refractivity contribution in [1.29, 1.82) is 0 Å². The number of Topliss-reactive ketones (excluding diaryl/α,β-unsaturated/α-hetero) is 1. The lowest BCUT2D eigenvalue weighted by Gasteiger charge is -2.64.